The van der Waals surface area contributed by atoms with Crippen molar-refractivity contribution in [2.24, 2.45) is 5.92 Å². The van der Waals surface area contributed by atoms with E-state index in [0.717, 1.165) is 32.5 Å². The van der Waals surface area contributed by atoms with Gasteiger partial charge in [-0.2, -0.15) is 0 Å². The lowest BCUT2D eigenvalue weighted by atomic mass is 9.83. The van der Waals surface area contributed by atoms with E-state index in [1.54, 1.807) is 6.07 Å². The zero-order chi connectivity index (χ0) is 20.1. The van der Waals surface area contributed by atoms with Crippen molar-refractivity contribution in [2.45, 2.75) is 31.7 Å². The van der Waals surface area contributed by atoms with Gasteiger partial charge in [-0.05, 0) is 42.4 Å². The Morgan fingerprint density at radius 3 is 2.66 bits per heavy atom. The molecule has 3 nitrogen and oxygen atoms in total. The topological polar surface area (TPSA) is 23.6 Å². The number of nitrogens with zero attached hydrogens (tertiary/aromatic N) is 2. The standard InChI is InChI=1S/C25H29FN2O/c26-23-11-5-4-10-21(23)14-18-28-24-15-17-27(19-22(24)12-13-25(28)29)16-6-9-20-7-2-1-3-8-20/h1-11,22,24H,12-19H2/t22-,24+/m1/s1. The molecule has 2 aliphatic rings. The molecule has 152 valence electrons. The number of carbonyl (C=O) groups excluding carboxylic acids is 1. The first-order valence-corrected chi connectivity index (χ1v) is 10.7. The lowest BCUT2D eigenvalue weighted by Gasteiger charge is -2.47. The number of hydrogen-bond donors (Lipinski definition) is 0. The molecule has 0 aliphatic carbocycles. The van der Waals surface area contributed by atoms with Crippen LogP contribution in [-0.4, -0.2) is 47.9 Å². The van der Waals surface area contributed by atoms with Crippen LogP contribution < -0.4 is 0 Å². The second kappa shape index (κ2) is 9.36. The minimum Gasteiger partial charge on any atom is -0.339 e. The van der Waals surface area contributed by atoms with Crippen LogP contribution >= 0.6 is 0 Å². The molecule has 0 radical (unpaired) electrons. The molecule has 0 unspecified atom stereocenters. The van der Waals surface area contributed by atoms with Crippen LogP contribution in [0.4, 0.5) is 4.39 Å². The number of rotatable bonds is 6. The summed E-state index contributed by atoms with van der Waals surface area (Å²) < 4.78 is 13.9. The number of fused-ring (bicyclic) bond motifs is 1. The molecular weight excluding hydrogens is 363 g/mol. The van der Waals surface area contributed by atoms with Crippen LogP contribution in [0.15, 0.2) is 60.7 Å². The summed E-state index contributed by atoms with van der Waals surface area (Å²) in [7, 11) is 0. The normalized spacial score (nSPS) is 22.8. The molecule has 0 N–H and O–H groups in total. The monoisotopic (exact) mass is 392 g/mol. The minimum absolute atomic E-state index is 0.173. The highest BCUT2D eigenvalue weighted by Crippen LogP contribution is 2.31. The van der Waals surface area contributed by atoms with Crippen molar-refractivity contribution >= 4 is 12.0 Å². The lowest BCUT2D eigenvalue weighted by Crippen LogP contribution is -2.56. The Hall–Kier alpha value is -2.46. The van der Waals surface area contributed by atoms with E-state index in [-0.39, 0.29) is 11.7 Å². The van der Waals surface area contributed by atoms with Crippen molar-refractivity contribution in [1.82, 2.24) is 9.80 Å². The first-order chi connectivity index (χ1) is 14.2. The van der Waals surface area contributed by atoms with E-state index in [1.807, 2.05) is 23.1 Å². The molecule has 0 spiro atoms. The van der Waals surface area contributed by atoms with Crippen LogP contribution in [0.25, 0.3) is 6.08 Å². The van der Waals surface area contributed by atoms with Crippen molar-refractivity contribution < 1.29 is 9.18 Å². The number of likely N-dealkylation sites (tertiary alicyclic amines) is 2. The van der Waals surface area contributed by atoms with E-state index in [4.69, 9.17) is 0 Å². The molecule has 2 heterocycles. The Kier molecular flexibility index (Phi) is 6.40. The van der Waals surface area contributed by atoms with Crippen LogP contribution in [0.2, 0.25) is 0 Å². The molecule has 2 fully saturated rings. The van der Waals surface area contributed by atoms with Crippen molar-refractivity contribution in [3.8, 4) is 0 Å². The van der Waals surface area contributed by atoms with Crippen LogP contribution in [0.1, 0.15) is 30.4 Å². The maximum atomic E-state index is 13.9. The molecule has 2 atom stereocenters. The molecule has 4 heteroatoms. The molecule has 2 aliphatic heterocycles. The van der Waals surface area contributed by atoms with Gasteiger partial charge < -0.3 is 4.90 Å². The van der Waals surface area contributed by atoms with E-state index in [9.17, 15) is 9.18 Å². The molecule has 0 saturated carbocycles. The highest BCUT2D eigenvalue weighted by molar-refractivity contribution is 5.77. The number of carbonyl (C=O) groups is 1. The summed E-state index contributed by atoms with van der Waals surface area (Å²) in [6, 6.07) is 17.6. The second-order valence-corrected chi connectivity index (χ2v) is 8.16. The van der Waals surface area contributed by atoms with Gasteiger partial charge in [0, 0.05) is 38.6 Å². The fourth-order valence-corrected chi connectivity index (χ4v) is 4.73. The van der Waals surface area contributed by atoms with Crippen LogP contribution in [0, 0.1) is 11.7 Å². The van der Waals surface area contributed by atoms with Crippen molar-refractivity contribution in [2.75, 3.05) is 26.2 Å². The second-order valence-electron chi connectivity index (χ2n) is 8.16. The third kappa shape index (κ3) is 4.94. The summed E-state index contributed by atoms with van der Waals surface area (Å²) in [4.78, 5) is 17.1. The smallest absolute Gasteiger partial charge is 0.222 e. The summed E-state index contributed by atoms with van der Waals surface area (Å²) in [6.45, 7) is 3.60. The lowest BCUT2D eigenvalue weighted by molar-refractivity contribution is -0.140. The van der Waals surface area contributed by atoms with Gasteiger partial charge >= 0.3 is 0 Å². The predicted octanol–water partition coefficient (Wildman–Crippen LogP) is 4.39. The summed E-state index contributed by atoms with van der Waals surface area (Å²) in [5, 5.41) is 0. The summed E-state index contributed by atoms with van der Waals surface area (Å²) in [5.74, 6) is 0.584. The van der Waals surface area contributed by atoms with Crippen LogP contribution in [-0.2, 0) is 11.2 Å². The SMILES string of the molecule is O=C1CC[C@@H]2CN(CC=Cc3ccccc3)CC[C@@H]2N1CCc1ccccc1F. The number of halogens is 1. The quantitative estimate of drug-likeness (QED) is 0.728. The Labute approximate surface area is 172 Å². The molecule has 0 bridgehead atoms. The fourth-order valence-electron chi connectivity index (χ4n) is 4.73. The third-order valence-corrected chi connectivity index (χ3v) is 6.28. The van der Waals surface area contributed by atoms with Gasteiger partial charge in [-0.25, -0.2) is 4.39 Å². The van der Waals surface area contributed by atoms with E-state index >= 15 is 0 Å². The molecule has 1 amide bonds. The van der Waals surface area contributed by atoms with E-state index in [1.165, 1.54) is 11.6 Å². The average Bonchev–Trinajstić information content (AvgIpc) is 2.75. The number of hydrogen-bond acceptors (Lipinski definition) is 2. The Morgan fingerprint density at radius 2 is 1.83 bits per heavy atom. The molecular formula is C25H29FN2O. The molecule has 4 rings (SSSR count). The maximum Gasteiger partial charge on any atom is 0.222 e. The summed E-state index contributed by atoms with van der Waals surface area (Å²) in [5.41, 5.74) is 1.93. The van der Waals surface area contributed by atoms with Crippen LogP contribution in [0.3, 0.4) is 0 Å². The predicted molar refractivity (Wildman–Crippen MR) is 115 cm³/mol. The third-order valence-electron chi connectivity index (χ3n) is 6.28. The van der Waals surface area contributed by atoms with E-state index in [2.05, 4.69) is 41.3 Å². The first-order valence-electron chi connectivity index (χ1n) is 10.7. The Balaban J connectivity index is 1.33. The largest absolute Gasteiger partial charge is 0.339 e. The van der Waals surface area contributed by atoms with Gasteiger partial charge in [-0.3, -0.25) is 9.69 Å². The highest BCUT2D eigenvalue weighted by Gasteiger charge is 2.38. The minimum atomic E-state index is -0.173. The van der Waals surface area contributed by atoms with Gasteiger partial charge in [-0.1, -0.05) is 60.7 Å². The van der Waals surface area contributed by atoms with Gasteiger partial charge in [0.05, 0.1) is 0 Å². The molecule has 29 heavy (non-hydrogen) atoms. The zero-order valence-electron chi connectivity index (χ0n) is 16.8. The average molecular weight is 393 g/mol. The van der Waals surface area contributed by atoms with Crippen LogP contribution in [0.5, 0.6) is 0 Å². The summed E-state index contributed by atoms with van der Waals surface area (Å²) >= 11 is 0. The number of piperidine rings is 2. The maximum absolute atomic E-state index is 13.9. The highest BCUT2D eigenvalue weighted by atomic mass is 19.1. The Morgan fingerprint density at radius 1 is 1.03 bits per heavy atom. The molecule has 2 aromatic rings. The summed E-state index contributed by atoms with van der Waals surface area (Å²) in [6.07, 6.45) is 7.60. The Bertz CT molecular complexity index is 851. The van der Waals surface area contributed by atoms with Gasteiger partial charge in [0.2, 0.25) is 5.91 Å². The van der Waals surface area contributed by atoms with Gasteiger partial charge in [-0.15, -0.1) is 0 Å². The molecule has 2 aromatic carbocycles. The molecule has 2 saturated heterocycles. The number of benzene rings is 2. The first kappa shape index (κ1) is 19.8. The van der Waals surface area contributed by atoms with Crippen molar-refractivity contribution in [3.05, 3.63) is 77.6 Å². The van der Waals surface area contributed by atoms with Gasteiger partial charge in [0.25, 0.3) is 0 Å². The van der Waals surface area contributed by atoms with E-state index in [0.29, 0.717) is 36.9 Å². The van der Waals surface area contributed by atoms with Crippen molar-refractivity contribution in [1.29, 1.82) is 0 Å². The van der Waals surface area contributed by atoms with Crippen molar-refractivity contribution in [3.63, 3.8) is 0 Å². The number of amides is 1. The zero-order valence-corrected chi connectivity index (χ0v) is 16.8. The van der Waals surface area contributed by atoms with Gasteiger partial charge in [0.1, 0.15) is 5.82 Å². The van der Waals surface area contributed by atoms with E-state index < -0.39 is 0 Å². The van der Waals surface area contributed by atoms with Gasteiger partial charge in [0.15, 0.2) is 0 Å². The fraction of sp³-hybridized carbons (Fsp3) is 0.400. The molecule has 0 aromatic heterocycles.